The number of pyridine rings is 1. The molecule has 0 bridgehead atoms. The molecule has 3 heterocycles. The van der Waals surface area contributed by atoms with E-state index in [9.17, 15) is 4.79 Å². The summed E-state index contributed by atoms with van der Waals surface area (Å²) in [6.45, 7) is 4.48. The molecule has 2 aliphatic heterocycles. The predicted octanol–water partition coefficient (Wildman–Crippen LogP) is 4.91. The van der Waals surface area contributed by atoms with Crippen LogP contribution in [0.4, 0.5) is 11.5 Å². The molecule has 158 valence electrons. The van der Waals surface area contributed by atoms with Crippen molar-refractivity contribution in [3.63, 3.8) is 0 Å². The van der Waals surface area contributed by atoms with Gasteiger partial charge in [0, 0.05) is 30.2 Å². The fourth-order valence-electron chi connectivity index (χ4n) is 4.11. The molecule has 5 rings (SSSR count). The maximum Gasteiger partial charge on any atom is 0.248 e. The van der Waals surface area contributed by atoms with Crippen LogP contribution in [-0.4, -0.2) is 30.8 Å². The number of aryl methyl sites for hydroxylation is 1. The predicted molar refractivity (Wildman–Crippen MR) is 123 cm³/mol. The van der Waals surface area contributed by atoms with Gasteiger partial charge < -0.3 is 19.7 Å². The van der Waals surface area contributed by atoms with Crippen molar-refractivity contribution in [3.8, 4) is 11.5 Å². The van der Waals surface area contributed by atoms with Gasteiger partial charge in [-0.25, -0.2) is 4.98 Å². The number of aromatic nitrogens is 1. The number of hydrogen-bond acceptors (Lipinski definition) is 5. The number of ether oxygens (including phenoxy) is 2. The largest absolute Gasteiger partial charge is 0.454 e. The quantitative estimate of drug-likeness (QED) is 0.613. The van der Waals surface area contributed by atoms with E-state index in [1.807, 2.05) is 36.4 Å². The highest BCUT2D eigenvalue weighted by atomic mass is 16.7. The highest BCUT2D eigenvalue weighted by molar-refractivity contribution is 6.03. The molecular formula is C25H25N3O3. The van der Waals surface area contributed by atoms with Crippen LogP contribution in [0.5, 0.6) is 11.5 Å². The minimum absolute atomic E-state index is 0.187. The third-order valence-corrected chi connectivity index (χ3v) is 5.77. The molecular weight excluding hydrogens is 390 g/mol. The summed E-state index contributed by atoms with van der Waals surface area (Å²) in [6, 6.07) is 13.6. The Morgan fingerprint density at radius 3 is 2.74 bits per heavy atom. The Kier molecular flexibility index (Phi) is 5.20. The lowest BCUT2D eigenvalue weighted by Crippen LogP contribution is -2.30. The van der Waals surface area contributed by atoms with E-state index in [1.165, 1.54) is 25.3 Å². The highest BCUT2D eigenvalue weighted by Gasteiger charge is 2.14. The standard InChI is InChI=1S/C25H25N3O3/c1-17-13-24(28-11-3-2-4-12-28)27-21-8-7-19(15-20(17)21)26-25(29)10-6-18-5-9-22-23(14-18)31-16-30-22/h5-10,13-15H,2-4,11-12,16H2,1H3,(H,26,29)/b10-6+. The average molecular weight is 415 g/mol. The fraction of sp³-hybridized carbons (Fsp3) is 0.280. The molecule has 1 aromatic heterocycles. The molecule has 1 N–H and O–H groups in total. The zero-order valence-corrected chi connectivity index (χ0v) is 17.6. The molecule has 0 radical (unpaired) electrons. The Morgan fingerprint density at radius 1 is 1.03 bits per heavy atom. The molecule has 3 aromatic rings. The number of carbonyl (C=O) groups is 1. The van der Waals surface area contributed by atoms with Gasteiger partial charge in [-0.3, -0.25) is 4.79 Å². The normalized spacial score (nSPS) is 15.6. The summed E-state index contributed by atoms with van der Waals surface area (Å²) in [5.74, 6) is 2.29. The molecule has 0 spiro atoms. The first-order valence-corrected chi connectivity index (χ1v) is 10.7. The van der Waals surface area contributed by atoms with E-state index in [0.717, 1.165) is 52.4 Å². The summed E-state index contributed by atoms with van der Waals surface area (Å²) in [6.07, 6.45) is 7.03. The van der Waals surface area contributed by atoms with E-state index in [2.05, 4.69) is 23.2 Å². The second-order valence-corrected chi connectivity index (χ2v) is 8.01. The van der Waals surface area contributed by atoms with Crippen LogP contribution in [0, 0.1) is 6.92 Å². The number of benzene rings is 2. The van der Waals surface area contributed by atoms with E-state index >= 15 is 0 Å². The van der Waals surface area contributed by atoms with Crippen molar-refractivity contribution in [1.29, 1.82) is 0 Å². The monoisotopic (exact) mass is 415 g/mol. The van der Waals surface area contributed by atoms with Crippen LogP contribution in [0.1, 0.15) is 30.4 Å². The van der Waals surface area contributed by atoms with Gasteiger partial charge in [-0.2, -0.15) is 0 Å². The Labute approximate surface area is 181 Å². The SMILES string of the molecule is Cc1cc(N2CCCCC2)nc2ccc(NC(=O)/C=C/c3ccc4c(c3)OCO4)cc12. The molecule has 2 aromatic carbocycles. The number of piperidine rings is 1. The molecule has 1 amide bonds. The van der Waals surface area contributed by atoms with Gasteiger partial charge in [-0.15, -0.1) is 0 Å². The molecule has 6 nitrogen and oxygen atoms in total. The van der Waals surface area contributed by atoms with Crippen LogP contribution in [0.2, 0.25) is 0 Å². The van der Waals surface area contributed by atoms with E-state index in [4.69, 9.17) is 14.5 Å². The Morgan fingerprint density at radius 2 is 1.87 bits per heavy atom. The summed E-state index contributed by atoms with van der Waals surface area (Å²) in [7, 11) is 0. The maximum atomic E-state index is 12.4. The summed E-state index contributed by atoms with van der Waals surface area (Å²) in [5.41, 5.74) is 3.75. The fourth-order valence-corrected chi connectivity index (χ4v) is 4.11. The molecule has 2 aliphatic rings. The Balaban J connectivity index is 1.30. The topological polar surface area (TPSA) is 63.7 Å². The molecule has 1 saturated heterocycles. The van der Waals surface area contributed by atoms with Crippen LogP contribution in [0.25, 0.3) is 17.0 Å². The van der Waals surface area contributed by atoms with Crippen LogP contribution < -0.4 is 19.7 Å². The second kappa shape index (κ2) is 8.30. The van der Waals surface area contributed by atoms with Crippen molar-refractivity contribution in [2.24, 2.45) is 0 Å². The first kappa shape index (κ1) is 19.4. The average Bonchev–Trinajstić information content (AvgIpc) is 3.26. The summed E-state index contributed by atoms with van der Waals surface area (Å²) < 4.78 is 10.7. The first-order valence-electron chi connectivity index (χ1n) is 10.7. The van der Waals surface area contributed by atoms with Gasteiger partial charge in [-0.1, -0.05) is 6.07 Å². The zero-order valence-electron chi connectivity index (χ0n) is 17.6. The minimum Gasteiger partial charge on any atom is -0.454 e. The van der Waals surface area contributed by atoms with Crippen molar-refractivity contribution < 1.29 is 14.3 Å². The Hall–Kier alpha value is -3.54. The second-order valence-electron chi connectivity index (χ2n) is 8.01. The summed E-state index contributed by atoms with van der Waals surface area (Å²) in [5, 5.41) is 4.00. The number of rotatable bonds is 4. The lowest BCUT2D eigenvalue weighted by molar-refractivity contribution is -0.111. The lowest BCUT2D eigenvalue weighted by Gasteiger charge is -2.28. The van der Waals surface area contributed by atoms with Crippen molar-refractivity contribution >= 4 is 34.4 Å². The van der Waals surface area contributed by atoms with Gasteiger partial charge in [0.2, 0.25) is 12.7 Å². The van der Waals surface area contributed by atoms with E-state index in [0.29, 0.717) is 5.75 Å². The first-order chi connectivity index (χ1) is 15.2. The van der Waals surface area contributed by atoms with Crippen molar-refractivity contribution in [3.05, 3.63) is 59.7 Å². The Bertz CT molecular complexity index is 1170. The number of amides is 1. The lowest BCUT2D eigenvalue weighted by atomic mass is 10.1. The smallest absolute Gasteiger partial charge is 0.248 e. The van der Waals surface area contributed by atoms with E-state index < -0.39 is 0 Å². The molecule has 1 fully saturated rings. The highest BCUT2D eigenvalue weighted by Crippen LogP contribution is 2.33. The van der Waals surface area contributed by atoms with E-state index in [1.54, 1.807) is 6.08 Å². The van der Waals surface area contributed by atoms with Crippen LogP contribution in [0.15, 0.2) is 48.5 Å². The number of fused-ring (bicyclic) bond motifs is 2. The van der Waals surface area contributed by atoms with Gasteiger partial charge in [0.05, 0.1) is 5.52 Å². The number of nitrogens with zero attached hydrogens (tertiary/aromatic N) is 2. The van der Waals surface area contributed by atoms with Crippen molar-refractivity contribution in [2.75, 3.05) is 30.1 Å². The van der Waals surface area contributed by atoms with Crippen LogP contribution in [0.3, 0.4) is 0 Å². The molecule has 6 heteroatoms. The number of nitrogens with one attached hydrogen (secondary N) is 1. The van der Waals surface area contributed by atoms with Gasteiger partial charge in [-0.05, 0) is 79.8 Å². The third kappa shape index (κ3) is 4.19. The third-order valence-electron chi connectivity index (χ3n) is 5.77. The summed E-state index contributed by atoms with van der Waals surface area (Å²) >= 11 is 0. The van der Waals surface area contributed by atoms with Gasteiger partial charge in [0.25, 0.3) is 0 Å². The molecule has 0 saturated carbocycles. The van der Waals surface area contributed by atoms with Crippen LogP contribution >= 0.6 is 0 Å². The maximum absolute atomic E-state index is 12.4. The van der Waals surface area contributed by atoms with E-state index in [-0.39, 0.29) is 12.7 Å². The zero-order chi connectivity index (χ0) is 21.2. The van der Waals surface area contributed by atoms with Crippen molar-refractivity contribution in [2.45, 2.75) is 26.2 Å². The summed E-state index contributed by atoms with van der Waals surface area (Å²) in [4.78, 5) is 19.7. The number of hydrogen-bond donors (Lipinski definition) is 1. The minimum atomic E-state index is -0.187. The molecule has 0 aliphatic carbocycles. The van der Waals surface area contributed by atoms with Crippen LogP contribution in [-0.2, 0) is 4.79 Å². The molecule has 0 atom stereocenters. The van der Waals surface area contributed by atoms with Crippen molar-refractivity contribution in [1.82, 2.24) is 4.98 Å². The van der Waals surface area contributed by atoms with Gasteiger partial charge in [0.1, 0.15) is 5.82 Å². The molecule has 0 unspecified atom stereocenters. The number of carbonyl (C=O) groups excluding carboxylic acids is 1. The van der Waals surface area contributed by atoms with Gasteiger partial charge >= 0.3 is 0 Å². The van der Waals surface area contributed by atoms with Gasteiger partial charge in [0.15, 0.2) is 11.5 Å². The number of anilines is 2. The molecule has 31 heavy (non-hydrogen) atoms.